The van der Waals surface area contributed by atoms with Crippen LogP contribution in [0.3, 0.4) is 0 Å². The molecule has 0 aliphatic carbocycles. The fraction of sp³-hybridized carbons (Fsp3) is 0. The Morgan fingerprint density at radius 2 is 1.29 bits per heavy atom. The van der Waals surface area contributed by atoms with Gasteiger partial charge >= 0.3 is 80.9 Å². The summed E-state index contributed by atoms with van der Waals surface area (Å²) in [4.78, 5) is 0. The Labute approximate surface area is 96.9 Å². The van der Waals surface area contributed by atoms with E-state index in [9.17, 15) is 0 Å². The van der Waals surface area contributed by atoms with E-state index in [4.69, 9.17) is 15.9 Å². The maximum atomic E-state index is 8.82. The molecule has 44 valence electrons. The van der Waals surface area contributed by atoms with Crippen molar-refractivity contribution in [3.8, 4) is 0 Å². The van der Waals surface area contributed by atoms with Crippen molar-refractivity contribution in [1.82, 2.24) is 0 Å². The van der Waals surface area contributed by atoms with Crippen LogP contribution in [0.1, 0.15) is 1.43 Å². The average molecular weight is 217 g/mol. The molecule has 0 amide bonds. The summed E-state index contributed by atoms with van der Waals surface area (Å²) in [5.74, 6) is 0. The zero-order valence-corrected chi connectivity index (χ0v) is 8.82. The molecular formula is H3CrKNiO4. The summed E-state index contributed by atoms with van der Waals surface area (Å²) in [7, 11) is 0. The first-order valence-corrected chi connectivity index (χ1v) is 2.88. The topological polar surface area (TPSA) is 74.6 Å². The second kappa shape index (κ2) is 6.30. The van der Waals surface area contributed by atoms with Crippen LogP contribution in [-0.2, 0) is 37.7 Å². The van der Waals surface area contributed by atoms with Crippen LogP contribution in [0.5, 0.6) is 0 Å². The standard InChI is InChI=1S/Cr.K.Ni.2H2O.2O.H/h;;;2*1H2;;;/q+2;+1;;;;;;-1/p-2. The molecule has 0 fully saturated rings. The van der Waals surface area contributed by atoms with Gasteiger partial charge in [0.05, 0.1) is 0 Å². The zero-order chi connectivity index (χ0) is 4.50. The van der Waals surface area contributed by atoms with Crippen LogP contribution in [0.15, 0.2) is 0 Å². The number of hydrogen-bond acceptors (Lipinski definition) is 2. The second-order valence-corrected chi connectivity index (χ2v) is 1.85. The van der Waals surface area contributed by atoms with Crippen molar-refractivity contribution in [3.63, 3.8) is 0 Å². The van der Waals surface area contributed by atoms with E-state index in [1.807, 2.05) is 0 Å². The fourth-order valence-corrected chi connectivity index (χ4v) is 0. The van der Waals surface area contributed by atoms with E-state index in [0.29, 0.717) is 0 Å². The molecule has 0 aromatic rings. The van der Waals surface area contributed by atoms with Gasteiger partial charge in [0.25, 0.3) is 0 Å². The van der Waals surface area contributed by atoms with Gasteiger partial charge in [-0.15, -0.1) is 0 Å². The Morgan fingerprint density at radius 3 is 1.29 bits per heavy atom. The van der Waals surface area contributed by atoms with Crippen LogP contribution in [0, 0.1) is 0 Å². The van der Waals surface area contributed by atoms with Gasteiger partial charge in [0.15, 0.2) is 0 Å². The molecule has 0 aromatic carbocycles. The van der Waals surface area contributed by atoms with Gasteiger partial charge in [0.1, 0.15) is 0 Å². The molecule has 7 heteroatoms. The minimum atomic E-state index is -5.25. The molecule has 0 aromatic heterocycles. The molecule has 0 bridgehead atoms. The molecule has 7 heavy (non-hydrogen) atoms. The Balaban J connectivity index is -0.0000000267. The Kier molecular flexibility index (Phi) is 14.5. The molecular weight excluding hydrogens is 214 g/mol. The Bertz CT molecular complexity index is 99.2. The monoisotopic (exact) mass is 216 g/mol. The van der Waals surface area contributed by atoms with Crippen molar-refractivity contribution < 1.29 is 98.8 Å². The number of hydrogen-bond donors (Lipinski definition) is 2. The summed E-state index contributed by atoms with van der Waals surface area (Å²) in [6, 6.07) is 0. The van der Waals surface area contributed by atoms with E-state index in [0.717, 1.165) is 0 Å². The van der Waals surface area contributed by atoms with Gasteiger partial charge in [-0.1, -0.05) is 0 Å². The van der Waals surface area contributed by atoms with Crippen molar-refractivity contribution in [1.29, 1.82) is 0 Å². The average Bonchev–Trinajstić information content (AvgIpc) is 0.722. The summed E-state index contributed by atoms with van der Waals surface area (Å²) in [6.07, 6.45) is 0. The van der Waals surface area contributed by atoms with Crippen LogP contribution in [0.25, 0.3) is 0 Å². The second-order valence-electron chi connectivity index (χ2n) is 0.448. The summed E-state index contributed by atoms with van der Waals surface area (Å²) < 4.78 is 31.9. The van der Waals surface area contributed by atoms with Crippen molar-refractivity contribution in [2.45, 2.75) is 0 Å². The van der Waals surface area contributed by atoms with Crippen LogP contribution >= 0.6 is 0 Å². The van der Waals surface area contributed by atoms with Crippen molar-refractivity contribution >= 4 is 0 Å². The van der Waals surface area contributed by atoms with Crippen molar-refractivity contribution in [2.75, 3.05) is 0 Å². The van der Waals surface area contributed by atoms with E-state index < -0.39 is 13.6 Å². The molecule has 0 unspecified atom stereocenters. The molecule has 0 saturated heterocycles. The number of rotatable bonds is 0. The quantitative estimate of drug-likeness (QED) is 0.403. The zero-order valence-electron chi connectivity index (χ0n) is 4.44. The Hall–Kier alpha value is 2.18. The van der Waals surface area contributed by atoms with Crippen LogP contribution in [0.2, 0.25) is 0 Å². The summed E-state index contributed by atoms with van der Waals surface area (Å²) in [5, 5.41) is 0. The van der Waals surface area contributed by atoms with Gasteiger partial charge in [-0.25, -0.2) is 0 Å². The molecule has 0 spiro atoms. The first-order chi connectivity index (χ1) is 2.00. The van der Waals surface area contributed by atoms with Gasteiger partial charge in [0.2, 0.25) is 0 Å². The van der Waals surface area contributed by atoms with Gasteiger partial charge in [0, 0.05) is 16.5 Å². The summed E-state index contributed by atoms with van der Waals surface area (Å²) in [5.41, 5.74) is 0. The molecule has 0 radical (unpaired) electrons. The molecule has 0 aliphatic heterocycles. The SMILES string of the molecule is [H-].[K+].[Ni].[O]=[Cr](=[O])([OH])[OH]. The van der Waals surface area contributed by atoms with E-state index >= 15 is 0 Å². The molecule has 0 rings (SSSR count). The normalized spacial score (nSPS) is 8.29. The predicted octanol–water partition coefficient (Wildman–Crippen LogP) is -4.24. The minimum absolute atomic E-state index is 0. The predicted molar refractivity (Wildman–Crippen MR) is 6.92 cm³/mol. The Morgan fingerprint density at radius 1 is 1.29 bits per heavy atom. The molecule has 0 atom stereocenters. The van der Waals surface area contributed by atoms with Gasteiger partial charge < -0.3 is 1.43 Å². The molecule has 0 heterocycles. The van der Waals surface area contributed by atoms with E-state index in [2.05, 4.69) is 0 Å². The van der Waals surface area contributed by atoms with Gasteiger partial charge in [-0.3, -0.25) is 0 Å². The van der Waals surface area contributed by atoms with Gasteiger partial charge in [-0.2, -0.15) is 0 Å². The first-order valence-electron chi connectivity index (χ1n) is 0.698. The molecule has 0 aliphatic rings. The van der Waals surface area contributed by atoms with Crippen LogP contribution in [0.4, 0.5) is 0 Å². The van der Waals surface area contributed by atoms with Crippen LogP contribution in [-0.4, -0.2) is 8.32 Å². The van der Waals surface area contributed by atoms with Crippen molar-refractivity contribution in [3.05, 3.63) is 0 Å². The van der Waals surface area contributed by atoms with E-state index in [1.54, 1.807) is 0 Å². The molecule has 2 N–H and O–H groups in total. The molecule has 4 nitrogen and oxygen atoms in total. The third-order valence-corrected chi connectivity index (χ3v) is 0. The fourth-order valence-electron chi connectivity index (χ4n) is 0. The van der Waals surface area contributed by atoms with Gasteiger partial charge in [-0.05, 0) is 0 Å². The maximum absolute atomic E-state index is 8.82. The third kappa shape index (κ3) is 65.7. The third-order valence-electron chi connectivity index (χ3n) is 0. The van der Waals surface area contributed by atoms with E-state index in [-0.39, 0.29) is 69.3 Å². The first kappa shape index (κ1) is 16.1. The van der Waals surface area contributed by atoms with E-state index in [1.165, 1.54) is 0 Å². The van der Waals surface area contributed by atoms with Crippen LogP contribution < -0.4 is 51.4 Å². The van der Waals surface area contributed by atoms with Crippen molar-refractivity contribution in [2.24, 2.45) is 0 Å². The summed E-state index contributed by atoms with van der Waals surface area (Å²) >= 11 is -5.25. The molecule has 0 saturated carbocycles. The summed E-state index contributed by atoms with van der Waals surface area (Å²) in [6.45, 7) is 0.